The second-order valence-corrected chi connectivity index (χ2v) is 12.7. The maximum absolute atomic E-state index is 13.5. The van der Waals surface area contributed by atoms with Crippen molar-refractivity contribution in [1.29, 1.82) is 0 Å². The van der Waals surface area contributed by atoms with Gasteiger partial charge >= 0.3 is 18.4 Å². The summed E-state index contributed by atoms with van der Waals surface area (Å²) in [5.41, 5.74) is 6.67. The molecule has 8 atom stereocenters. The number of amides is 2. The van der Waals surface area contributed by atoms with E-state index in [9.17, 15) is 34.5 Å². The predicted molar refractivity (Wildman–Crippen MR) is 182 cm³/mol. The van der Waals surface area contributed by atoms with E-state index in [-0.39, 0.29) is 35.7 Å². The molecule has 1 aliphatic carbocycles. The summed E-state index contributed by atoms with van der Waals surface area (Å²) in [6.45, 7) is 7.73. The van der Waals surface area contributed by atoms with E-state index in [0.29, 0.717) is 24.2 Å². The van der Waals surface area contributed by atoms with E-state index in [2.05, 4.69) is 10.6 Å². The molecule has 280 valence electrons. The summed E-state index contributed by atoms with van der Waals surface area (Å²) in [6, 6.07) is 0. The quantitative estimate of drug-likeness (QED) is 0.115. The molecule has 0 saturated carbocycles. The van der Waals surface area contributed by atoms with Gasteiger partial charge in [-0.25, -0.2) is 14.4 Å². The van der Waals surface area contributed by atoms with Crippen LogP contribution in [0.4, 0.5) is 14.4 Å². The number of hydrogen-bond donors (Lipinski definition) is 6. The van der Waals surface area contributed by atoms with Gasteiger partial charge < -0.3 is 60.3 Å². The minimum Gasteiger partial charge on any atom is -0.450 e. The number of nitrogens with one attached hydrogen (secondary N) is 2. The van der Waals surface area contributed by atoms with E-state index in [1.54, 1.807) is 26.0 Å². The van der Waals surface area contributed by atoms with Crippen molar-refractivity contribution in [1.82, 2.24) is 15.5 Å². The number of nitrogens with two attached hydrogens (primary N) is 1. The summed E-state index contributed by atoms with van der Waals surface area (Å²) in [6.07, 6.45) is -2.48. The van der Waals surface area contributed by atoms with Gasteiger partial charge in [0.1, 0.15) is 6.10 Å². The molecule has 2 rings (SSSR count). The third kappa shape index (κ3) is 12.5. The smallest absolute Gasteiger partial charge is 0.450 e. The fraction of sp³-hybridized carbons (Fsp3) is 0.588. The minimum absolute atomic E-state index is 0.0416. The number of carbonyl (C=O) groups is 4. The van der Waals surface area contributed by atoms with Gasteiger partial charge in [-0.3, -0.25) is 4.79 Å². The maximum atomic E-state index is 13.5. The highest BCUT2D eigenvalue weighted by Gasteiger charge is 2.38. The molecule has 16 nitrogen and oxygen atoms in total. The lowest BCUT2D eigenvalue weighted by Crippen LogP contribution is -2.44. The number of likely N-dealkylation sites (N-methyl/N-ethyl adjacent to an activating group) is 1. The van der Waals surface area contributed by atoms with Gasteiger partial charge in [0.15, 0.2) is 18.3 Å². The molecule has 50 heavy (non-hydrogen) atoms. The largest absolute Gasteiger partial charge is 0.506 e. The van der Waals surface area contributed by atoms with Gasteiger partial charge in [-0.15, -0.1) is 0 Å². The summed E-state index contributed by atoms with van der Waals surface area (Å²) in [5.74, 6) is -1.47. The van der Waals surface area contributed by atoms with Crippen LogP contribution in [0.15, 0.2) is 58.5 Å². The molecule has 0 saturated heterocycles. The van der Waals surface area contributed by atoms with Crippen molar-refractivity contribution in [3.05, 3.63) is 58.5 Å². The van der Waals surface area contributed by atoms with E-state index < -0.39 is 66.9 Å². The van der Waals surface area contributed by atoms with Gasteiger partial charge in [-0.1, -0.05) is 38.2 Å². The van der Waals surface area contributed by atoms with Crippen LogP contribution >= 0.6 is 0 Å². The zero-order valence-electron chi connectivity index (χ0n) is 29.9. The average molecular weight is 709 g/mol. The van der Waals surface area contributed by atoms with Crippen molar-refractivity contribution in [3.8, 4) is 0 Å². The summed E-state index contributed by atoms with van der Waals surface area (Å²) in [5, 5.41) is 36.8. The molecule has 2 unspecified atom stereocenters. The molecule has 0 fully saturated rings. The van der Waals surface area contributed by atoms with Crippen LogP contribution in [-0.4, -0.2) is 123 Å². The molecule has 0 aromatic carbocycles. The number of hydrogen-bond acceptors (Lipinski definition) is 12. The predicted octanol–water partition coefficient (Wildman–Crippen LogP) is 2.90. The summed E-state index contributed by atoms with van der Waals surface area (Å²) in [7, 11) is 6.57. The third-order valence-corrected chi connectivity index (χ3v) is 8.36. The van der Waals surface area contributed by atoms with Gasteiger partial charge in [0, 0.05) is 38.8 Å². The number of carbonyl (C=O) groups excluding carboxylic acids is 2. The standard InChI is InChI=1S/C34H52N4O12/c1-18-14-22-27(36-12-13-38(5)6)25(48-33(42)43)17-23(30(22)50-34(44)45)37-31(40)19(2)10-9-11-24(46-7)29(49-32(35)41)21(4)16-20(3)28(39)26(15-18)47-8/h9-11,16-18,20,24-26,28-30,36,39H,12-15H2,1-8H3,(H2,35,41)(H,37,40)(H,42,43)(H,44,45)/b11-9-,19-10+,21-16+/t18-,20+,24+,25?,26+,28-,29+,30?/m1/s1. The molecular weight excluding hydrogens is 656 g/mol. The number of aliphatic hydroxyl groups is 1. The highest BCUT2D eigenvalue weighted by Crippen LogP contribution is 2.34. The van der Waals surface area contributed by atoms with Gasteiger partial charge in [0.2, 0.25) is 0 Å². The van der Waals surface area contributed by atoms with Gasteiger partial charge in [-0.2, -0.15) is 0 Å². The molecule has 1 heterocycles. The lowest BCUT2D eigenvalue weighted by atomic mass is 9.84. The van der Waals surface area contributed by atoms with E-state index in [1.807, 2.05) is 25.9 Å². The molecule has 7 N–H and O–H groups in total. The number of methoxy groups -OCH3 is 2. The zero-order valence-corrected chi connectivity index (χ0v) is 29.9. The van der Waals surface area contributed by atoms with Crippen molar-refractivity contribution in [2.45, 2.75) is 77.2 Å². The fourth-order valence-electron chi connectivity index (χ4n) is 5.87. The second kappa shape index (κ2) is 19.7. The van der Waals surface area contributed by atoms with Crippen LogP contribution in [-0.2, 0) is 28.5 Å². The number of ether oxygens (including phenoxy) is 5. The molecule has 0 aromatic rings. The first-order valence-electron chi connectivity index (χ1n) is 16.2. The second-order valence-electron chi connectivity index (χ2n) is 12.7. The van der Waals surface area contributed by atoms with Crippen molar-refractivity contribution in [2.75, 3.05) is 41.4 Å². The Morgan fingerprint density at radius 3 is 2.26 bits per heavy atom. The van der Waals surface area contributed by atoms with Crippen LogP contribution in [0.1, 0.15) is 40.5 Å². The number of rotatable bonds is 9. The molecule has 2 amide bonds. The molecule has 0 spiro atoms. The lowest BCUT2D eigenvalue weighted by Gasteiger charge is -2.35. The van der Waals surface area contributed by atoms with Crippen molar-refractivity contribution in [3.63, 3.8) is 0 Å². The van der Waals surface area contributed by atoms with Gasteiger partial charge in [0.05, 0.1) is 23.6 Å². The molecule has 16 heteroatoms. The zero-order chi connectivity index (χ0) is 37.7. The minimum atomic E-state index is -1.63. The maximum Gasteiger partial charge on any atom is 0.506 e. The topological polar surface area (TPSA) is 228 Å². The Hall–Kier alpha value is -4.38. The Labute approximate surface area is 292 Å². The Balaban J connectivity index is 2.81. The number of fused-ring (bicyclic) bond motifs is 2. The van der Waals surface area contributed by atoms with Crippen LogP contribution < -0.4 is 16.4 Å². The van der Waals surface area contributed by atoms with Crippen LogP contribution in [0, 0.1) is 11.8 Å². The first-order chi connectivity index (χ1) is 23.5. The van der Waals surface area contributed by atoms with Crippen LogP contribution in [0.3, 0.4) is 0 Å². The summed E-state index contributed by atoms with van der Waals surface area (Å²) in [4.78, 5) is 51.1. The molecule has 0 aromatic heterocycles. The SMILES string of the molecule is CO[C@H]1/C=C\C=C(/C)C(=O)NC2=CC(OC(=O)O)C(NCCN(C)C)=C(C[C@@H](C)C[C@H](OC)[C@H](O)[C@@H](C)/C=C(\C)[C@@H]1OC(N)=O)C2OC(=O)O. The number of nitrogens with zero attached hydrogens (tertiary/aromatic N) is 1. The van der Waals surface area contributed by atoms with Crippen molar-refractivity contribution in [2.24, 2.45) is 17.6 Å². The Morgan fingerprint density at radius 2 is 1.70 bits per heavy atom. The molecule has 2 aliphatic rings. The van der Waals surface area contributed by atoms with Gasteiger partial charge in [-0.05, 0) is 63.9 Å². The Bertz CT molecular complexity index is 1370. The molecule has 2 bridgehead atoms. The average Bonchev–Trinajstić information content (AvgIpc) is 3.02. The van der Waals surface area contributed by atoms with Crippen molar-refractivity contribution < 1.29 is 58.2 Å². The monoisotopic (exact) mass is 708 g/mol. The highest BCUT2D eigenvalue weighted by molar-refractivity contribution is 5.94. The molecular formula is C34H52N4O12. The normalized spacial score (nSPS) is 31.2. The first-order valence-corrected chi connectivity index (χ1v) is 16.2. The molecule has 1 aliphatic heterocycles. The van der Waals surface area contributed by atoms with E-state index >= 15 is 0 Å². The lowest BCUT2D eigenvalue weighted by molar-refractivity contribution is -0.117. The van der Waals surface area contributed by atoms with Crippen LogP contribution in [0.2, 0.25) is 0 Å². The van der Waals surface area contributed by atoms with E-state index in [1.165, 1.54) is 39.4 Å². The van der Waals surface area contributed by atoms with Gasteiger partial charge in [0.25, 0.3) is 5.91 Å². The van der Waals surface area contributed by atoms with E-state index in [0.717, 1.165) is 0 Å². The Kier molecular flexibility index (Phi) is 16.5. The number of aliphatic hydroxyl groups excluding tert-OH is 1. The van der Waals surface area contributed by atoms with Crippen LogP contribution in [0.5, 0.6) is 0 Å². The molecule has 0 radical (unpaired) electrons. The van der Waals surface area contributed by atoms with Crippen LogP contribution in [0.25, 0.3) is 0 Å². The first kappa shape index (κ1) is 41.8. The summed E-state index contributed by atoms with van der Waals surface area (Å²) < 4.78 is 27.3. The Morgan fingerprint density at radius 1 is 1.04 bits per heavy atom. The fourth-order valence-corrected chi connectivity index (χ4v) is 5.87. The third-order valence-electron chi connectivity index (χ3n) is 8.36. The van der Waals surface area contributed by atoms with E-state index in [4.69, 9.17) is 29.4 Å². The number of primary amides is 1. The number of carboxylic acid groups (broad SMARTS) is 2. The highest BCUT2D eigenvalue weighted by atomic mass is 16.7. The van der Waals surface area contributed by atoms with Crippen molar-refractivity contribution >= 4 is 24.3 Å². The summed E-state index contributed by atoms with van der Waals surface area (Å²) >= 11 is 0. The number of allylic oxidation sites excluding steroid dienone is 2.